The van der Waals surface area contributed by atoms with Crippen LogP contribution in [0.2, 0.25) is 0 Å². The van der Waals surface area contributed by atoms with Crippen molar-refractivity contribution in [1.29, 1.82) is 0 Å². The third kappa shape index (κ3) is 2.03. The Kier molecular flexibility index (Phi) is 2.89. The molecule has 0 saturated heterocycles. The molecule has 3 aromatic rings. The minimum Gasteiger partial charge on any atom is -0.453 e. The number of hydrogen-bond acceptors (Lipinski definition) is 3. The molecule has 5 heteroatoms. The lowest BCUT2D eigenvalue weighted by atomic mass is 10.1. The largest absolute Gasteiger partial charge is 0.453 e. The van der Waals surface area contributed by atoms with Crippen LogP contribution in [0.25, 0.3) is 0 Å². The van der Waals surface area contributed by atoms with E-state index in [9.17, 15) is 4.79 Å². The van der Waals surface area contributed by atoms with Gasteiger partial charge in [-0.2, -0.15) is 0 Å². The quantitative estimate of drug-likeness (QED) is 0.727. The van der Waals surface area contributed by atoms with Crippen LogP contribution < -0.4 is 9.64 Å². The molecule has 22 heavy (non-hydrogen) atoms. The van der Waals surface area contributed by atoms with Crippen LogP contribution >= 0.6 is 0 Å². The van der Waals surface area contributed by atoms with E-state index in [4.69, 9.17) is 4.74 Å². The van der Waals surface area contributed by atoms with E-state index in [1.165, 1.54) is 0 Å². The highest BCUT2D eigenvalue weighted by molar-refractivity contribution is 6.04. The number of aromatic nitrogens is 2. The van der Waals surface area contributed by atoms with Crippen molar-refractivity contribution in [2.75, 3.05) is 4.90 Å². The maximum absolute atomic E-state index is 12.8. The van der Waals surface area contributed by atoms with Crippen LogP contribution in [0.4, 0.5) is 11.4 Å². The fraction of sp³-hybridized carbons (Fsp3) is 0.0588. The number of hydrogen-bond donors (Lipinski definition) is 0. The molecule has 0 radical (unpaired) electrons. The molecule has 5 nitrogen and oxygen atoms in total. The van der Waals surface area contributed by atoms with E-state index in [0.29, 0.717) is 11.5 Å². The Hall–Kier alpha value is -3.08. The van der Waals surface area contributed by atoms with Crippen LogP contribution in [0.15, 0.2) is 67.3 Å². The summed E-state index contributed by atoms with van der Waals surface area (Å²) in [7, 11) is 0. The second-order valence-corrected chi connectivity index (χ2v) is 5.00. The van der Waals surface area contributed by atoms with Crippen LogP contribution in [0.3, 0.4) is 0 Å². The van der Waals surface area contributed by atoms with Gasteiger partial charge in [0.2, 0.25) is 0 Å². The van der Waals surface area contributed by atoms with Crippen molar-refractivity contribution in [2.24, 2.45) is 0 Å². The minimum atomic E-state index is -0.0406. The third-order valence-corrected chi connectivity index (χ3v) is 3.56. The lowest BCUT2D eigenvalue weighted by Gasteiger charge is -2.31. The molecule has 1 aliphatic rings. The van der Waals surface area contributed by atoms with E-state index in [1.54, 1.807) is 28.2 Å². The smallest absolute Gasteiger partial charge is 0.251 e. The van der Waals surface area contributed by atoms with E-state index in [0.717, 1.165) is 11.4 Å². The normalized spacial score (nSPS) is 12.3. The molecule has 0 fully saturated rings. The number of carbonyl (C=O) groups is 1. The molecule has 0 spiro atoms. The number of imidazole rings is 1. The lowest BCUT2D eigenvalue weighted by molar-refractivity contribution is -0.118. The lowest BCUT2D eigenvalue weighted by Crippen LogP contribution is -2.31. The van der Waals surface area contributed by atoms with E-state index in [2.05, 4.69) is 4.98 Å². The van der Waals surface area contributed by atoms with E-state index in [1.807, 2.05) is 48.5 Å². The summed E-state index contributed by atoms with van der Waals surface area (Å²) in [5.74, 6) is 1.32. The predicted molar refractivity (Wildman–Crippen MR) is 82.3 cm³/mol. The van der Waals surface area contributed by atoms with Gasteiger partial charge in [0.15, 0.2) is 11.5 Å². The predicted octanol–water partition coefficient (Wildman–Crippen LogP) is 3.35. The van der Waals surface area contributed by atoms with Crippen LogP contribution in [0.5, 0.6) is 11.5 Å². The standard InChI is InChI=1S/C17H13N3O2/c21-17(11-19-10-9-18-12-19)20-13-5-1-3-7-15(13)22-16-8-4-2-6-14(16)20/h1-10,12H,11H2. The summed E-state index contributed by atoms with van der Waals surface area (Å²) in [6.07, 6.45) is 5.07. The van der Waals surface area contributed by atoms with Crippen molar-refractivity contribution >= 4 is 17.3 Å². The number of nitrogens with zero attached hydrogens (tertiary/aromatic N) is 3. The van der Waals surface area contributed by atoms with Crippen molar-refractivity contribution in [3.63, 3.8) is 0 Å². The minimum absolute atomic E-state index is 0.0406. The van der Waals surface area contributed by atoms with E-state index >= 15 is 0 Å². The van der Waals surface area contributed by atoms with Crippen molar-refractivity contribution in [3.05, 3.63) is 67.3 Å². The summed E-state index contributed by atoms with van der Waals surface area (Å²) in [5.41, 5.74) is 1.51. The summed E-state index contributed by atoms with van der Waals surface area (Å²) >= 11 is 0. The highest BCUT2D eigenvalue weighted by Gasteiger charge is 2.28. The number of ether oxygens (including phenoxy) is 1. The van der Waals surface area contributed by atoms with Crippen molar-refractivity contribution in [3.8, 4) is 11.5 Å². The number of amides is 1. The van der Waals surface area contributed by atoms with Gasteiger partial charge in [-0.15, -0.1) is 0 Å². The molecule has 0 atom stereocenters. The molecule has 0 N–H and O–H groups in total. The molecular formula is C17H13N3O2. The van der Waals surface area contributed by atoms with Gasteiger partial charge in [0, 0.05) is 12.4 Å². The number of fused-ring (bicyclic) bond motifs is 2. The van der Waals surface area contributed by atoms with Crippen LogP contribution in [-0.2, 0) is 11.3 Å². The van der Waals surface area contributed by atoms with Crippen molar-refractivity contribution in [2.45, 2.75) is 6.54 Å². The number of carbonyl (C=O) groups excluding carboxylic acids is 1. The van der Waals surface area contributed by atoms with Gasteiger partial charge < -0.3 is 9.30 Å². The van der Waals surface area contributed by atoms with Gasteiger partial charge in [-0.1, -0.05) is 24.3 Å². The van der Waals surface area contributed by atoms with Gasteiger partial charge in [0.25, 0.3) is 5.91 Å². The molecule has 108 valence electrons. The topological polar surface area (TPSA) is 47.4 Å². The van der Waals surface area contributed by atoms with Crippen LogP contribution in [0.1, 0.15) is 0 Å². The van der Waals surface area contributed by atoms with Crippen LogP contribution in [0, 0.1) is 0 Å². The SMILES string of the molecule is O=C(Cn1ccnc1)N1c2ccccc2Oc2ccccc21. The molecule has 2 aromatic carbocycles. The van der Waals surface area contributed by atoms with Gasteiger partial charge in [-0.05, 0) is 24.3 Å². The number of rotatable bonds is 2. The Morgan fingerprint density at radius 2 is 1.64 bits per heavy atom. The zero-order valence-corrected chi connectivity index (χ0v) is 11.7. The van der Waals surface area contributed by atoms with Gasteiger partial charge in [-0.3, -0.25) is 9.69 Å². The molecule has 1 aromatic heterocycles. The number of benzene rings is 2. The van der Waals surface area contributed by atoms with Crippen molar-refractivity contribution in [1.82, 2.24) is 9.55 Å². The second-order valence-electron chi connectivity index (χ2n) is 5.00. The first kappa shape index (κ1) is 12.6. The zero-order valence-electron chi connectivity index (χ0n) is 11.7. The molecule has 0 saturated carbocycles. The van der Waals surface area contributed by atoms with Gasteiger partial charge >= 0.3 is 0 Å². The summed E-state index contributed by atoms with van der Waals surface area (Å²) in [5, 5.41) is 0. The van der Waals surface area contributed by atoms with E-state index in [-0.39, 0.29) is 12.5 Å². The maximum Gasteiger partial charge on any atom is 0.251 e. The summed E-state index contributed by atoms with van der Waals surface area (Å²) in [6.45, 7) is 0.225. The summed E-state index contributed by atoms with van der Waals surface area (Å²) in [6, 6.07) is 15.1. The Morgan fingerprint density at radius 3 is 2.23 bits per heavy atom. The Morgan fingerprint density at radius 1 is 1.00 bits per heavy atom. The Bertz CT molecular complexity index is 782. The first-order chi connectivity index (χ1) is 10.8. The van der Waals surface area contributed by atoms with Crippen molar-refractivity contribution < 1.29 is 9.53 Å². The van der Waals surface area contributed by atoms with Gasteiger partial charge in [0.05, 0.1) is 17.7 Å². The molecule has 0 aliphatic carbocycles. The average molecular weight is 291 g/mol. The first-order valence-electron chi connectivity index (χ1n) is 6.97. The molecule has 4 rings (SSSR count). The monoisotopic (exact) mass is 291 g/mol. The molecule has 1 aliphatic heterocycles. The zero-order chi connectivity index (χ0) is 14.9. The average Bonchev–Trinajstić information content (AvgIpc) is 3.05. The molecule has 2 heterocycles. The Labute approximate surface area is 127 Å². The fourth-order valence-electron chi connectivity index (χ4n) is 2.58. The highest BCUT2D eigenvalue weighted by Crippen LogP contribution is 2.46. The molecule has 1 amide bonds. The summed E-state index contributed by atoms with van der Waals surface area (Å²) in [4.78, 5) is 18.5. The van der Waals surface area contributed by atoms with E-state index < -0.39 is 0 Å². The third-order valence-electron chi connectivity index (χ3n) is 3.56. The molecule has 0 bridgehead atoms. The highest BCUT2D eigenvalue weighted by atomic mass is 16.5. The van der Waals surface area contributed by atoms with Crippen LogP contribution in [-0.4, -0.2) is 15.5 Å². The first-order valence-corrected chi connectivity index (χ1v) is 6.97. The molecule has 0 unspecified atom stereocenters. The maximum atomic E-state index is 12.8. The number of para-hydroxylation sites is 4. The van der Waals surface area contributed by atoms with Gasteiger partial charge in [-0.25, -0.2) is 4.98 Å². The summed E-state index contributed by atoms with van der Waals surface area (Å²) < 4.78 is 7.63. The van der Waals surface area contributed by atoms with Gasteiger partial charge in [0.1, 0.15) is 6.54 Å². The number of anilines is 2. The Balaban J connectivity index is 1.79. The fourth-order valence-corrected chi connectivity index (χ4v) is 2.58. The second kappa shape index (κ2) is 5.04. The molecular weight excluding hydrogens is 278 g/mol.